The zero-order valence-corrected chi connectivity index (χ0v) is 11.5. The second-order valence-corrected chi connectivity index (χ2v) is 5.91. The molecule has 18 heavy (non-hydrogen) atoms. The molecular formula is C15H24N2O. The molecule has 1 aromatic heterocycles. The van der Waals surface area contributed by atoms with E-state index in [-0.39, 0.29) is 6.04 Å². The lowest BCUT2D eigenvalue weighted by Gasteiger charge is -2.08. The quantitative estimate of drug-likeness (QED) is 0.864. The lowest BCUT2D eigenvalue weighted by Crippen LogP contribution is -2.19. The van der Waals surface area contributed by atoms with E-state index >= 15 is 0 Å². The molecule has 0 saturated heterocycles. The maximum atomic E-state index is 5.98. The Kier molecular flexibility index (Phi) is 3.42. The Labute approximate surface area is 109 Å². The molecule has 3 rings (SSSR count). The molecule has 1 N–H and O–H groups in total. The molecule has 0 amide bonds. The van der Waals surface area contributed by atoms with Gasteiger partial charge in [0.2, 0.25) is 5.89 Å². The summed E-state index contributed by atoms with van der Waals surface area (Å²) >= 11 is 0. The van der Waals surface area contributed by atoms with Crippen LogP contribution in [0, 0.1) is 11.8 Å². The van der Waals surface area contributed by atoms with Crippen molar-refractivity contribution in [2.24, 2.45) is 11.8 Å². The average Bonchev–Trinajstić information content (AvgIpc) is 2.93. The van der Waals surface area contributed by atoms with Crippen LogP contribution in [0.2, 0.25) is 0 Å². The topological polar surface area (TPSA) is 38.1 Å². The van der Waals surface area contributed by atoms with Gasteiger partial charge < -0.3 is 9.73 Å². The Balaban J connectivity index is 1.63. The van der Waals surface area contributed by atoms with Crippen molar-refractivity contribution in [3.05, 3.63) is 17.8 Å². The fourth-order valence-corrected chi connectivity index (χ4v) is 3.52. The third kappa shape index (κ3) is 2.20. The highest BCUT2D eigenvalue weighted by atomic mass is 16.4. The van der Waals surface area contributed by atoms with Crippen molar-refractivity contribution in [2.45, 2.75) is 57.9 Å². The number of fused-ring (bicyclic) bond motifs is 1. The molecule has 0 aromatic carbocycles. The van der Waals surface area contributed by atoms with Gasteiger partial charge in [-0.05, 0) is 44.6 Å². The van der Waals surface area contributed by atoms with Crippen molar-refractivity contribution in [3.8, 4) is 0 Å². The van der Waals surface area contributed by atoms with Crippen molar-refractivity contribution in [1.82, 2.24) is 10.3 Å². The number of nitrogens with zero attached hydrogens (tertiary/aromatic N) is 1. The zero-order valence-electron chi connectivity index (χ0n) is 11.5. The molecule has 3 atom stereocenters. The molecule has 3 unspecified atom stereocenters. The summed E-state index contributed by atoms with van der Waals surface area (Å²) < 4.78 is 5.98. The van der Waals surface area contributed by atoms with Crippen LogP contribution in [0.5, 0.6) is 0 Å². The van der Waals surface area contributed by atoms with Crippen LogP contribution in [0.25, 0.3) is 0 Å². The SMILES string of the molecule is CCCNC(C)c1ncc(C2C3CCCCC32)o1. The maximum Gasteiger partial charge on any atom is 0.211 e. The van der Waals surface area contributed by atoms with Crippen molar-refractivity contribution in [3.63, 3.8) is 0 Å². The second kappa shape index (κ2) is 5.04. The molecule has 3 heteroatoms. The van der Waals surface area contributed by atoms with Crippen LogP contribution < -0.4 is 5.32 Å². The fourth-order valence-electron chi connectivity index (χ4n) is 3.52. The Morgan fingerprint density at radius 3 is 2.78 bits per heavy atom. The minimum absolute atomic E-state index is 0.236. The Hall–Kier alpha value is -0.830. The summed E-state index contributed by atoms with van der Waals surface area (Å²) in [5.41, 5.74) is 0. The Bertz CT molecular complexity index is 389. The normalized spacial score (nSPS) is 32.0. The van der Waals surface area contributed by atoms with Crippen molar-refractivity contribution >= 4 is 0 Å². The van der Waals surface area contributed by atoms with Crippen LogP contribution in [0.4, 0.5) is 0 Å². The minimum atomic E-state index is 0.236. The molecule has 100 valence electrons. The molecule has 3 nitrogen and oxygen atoms in total. The molecule has 2 saturated carbocycles. The van der Waals surface area contributed by atoms with Gasteiger partial charge in [-0.15, -0.1) is 0 Å². The molecule has 0 bridgehead atoms. The Morgan fingerprint density at radius 2 is 2.11 bits per heavy atom. The van der Waals surface area contributed by atoms with Crippen LogP contribution in [-0.4, -0.2) is 11.5 Å². The molecule has 0 radical (unpaired) electrons. The number of nitrogens with one attached hydrogen (secondary N) is 1. The first kappa shape index (κ1) is 12.2. The molecule has 1 aromatic rings. The maximum absolute atomic E-state index is 5.98. The van der Waals surface area contributed by atoms with Crippen LogP contribution >= 0.6 is 0 Å². The van der Waals surface area contributed by atoms with Crippen LogP contribution in [0.15, 0.2) is 10.6 Å². The summed E-state index contributed by atoms with van der Waals surface area (Å²) in [6.07, 6.45) is 8.73. The fraction of sp³-hybridized carbons (Fsp3) is 0.800. The third-order valence-corrected chi connectivity index (χ3v) is 4.60. The molecule has 2 aliphatic rings. The number of aromatic nitrogens is 1. The summed E-state index contributed by atoms with van der Waals surface area (Å²) in [5.74, 6) is 4.50. The molecule has 0 spiro atoms. The summed E-state index contributed by atoms with van der Waals surface area (Å²) in [7, 11) is 0. The van der Waals surface area contributed by atoms with Gasteiger partial charge in [-0.25, -0.2) is 4.98 Å². The highest BCUT2D eigenvalue weighted by Crippen LogP contribution is 2.61. The summed E-state index contributed by atoms with van der Waals surface area (Å²) in [5, 5.41) is 3.43. The average molecular weight is 248 g/mol. The van der Waals surface area contributed by atoms with Gasteiger partial charge in [-0.2, -0.15) is 0 Å². The van der Waals surface area contributed by atoms with Crippen molar-refractivity contribution in [2.75, 3.05) is 6.54 Å². The Morgan fingerprint density at radius 1 is 1.39 bits per heavy atom. The van der Waals surface area contributed by atoms with Gasteiger partial charge in [0.15, 0.2) is 0 Å². The summed E-state index contributed by atoms with van der Waals surface area (Å²) in [6, 6.07) is 0.236. The van der Waals surface area contributed by atoms with E-state index in [2.05, 4.69) is 24.1 Å². The van der Waals surface area contributed by atoms with E-state index < -0.39 is 0 Å². The van der Waals surface area contributed by atoms with Gasteiger partial charge in [-0.3, -0.25) is 0 Å². The van der Waals surface area contributed by atoms with Gasteiger partial charge in [0, 0.05) is 5.92 Å². The van der Waals surface area contributed by atoms with E-state index in [1.54, 1.807) is 0 Å². The van der Waals surface area contributed by atoms with E-state index in [9.17, 15) is 0 Å². The van der Waals surface area contributed by atoms with E-state index in [1.807, 2.05) is 6.20 Å². The first-order chi connectivity index (χ1) is 8.81. The molecule has 2 fully saturated rings. The molecular weight excluding hydrogens is 224 g/mol. The smallest absolute Gasteiger partial charge is 0.211 e. The number of hydrogen-bond acceptors (Lipinski definition) is 3. The van der Waals surface area contributed by atoms with E-state index in [0.717, 1.165) is 36.5 Å². The second-order valence-electron chi connectivity index (χ2n) is 5.91. The van der Waals surface area contributed by atoms with Crippen molar-refractivity contribution < 1.29 is 4.42 Å². The van der Waals surface area contributed by atoms with Gasteiger partial charge in [-0.1, -0.05) is 19.8 Å². The summed E-state index contributed by atoms with van der Waals surface area (Å²) in [6.45, 7) is 5.33. The molecule has 0 aliphatic heterocycles. The monoisotopic (exact) mass is 248 g/mol. The van der Waals surface area contributed by atoms with Crippen LogP contribution in [0.3, 0.4) is 0 Å². The third-order valence-electron chi connectivity index (χ3n) is 4.60. The lowest BCUT2D eigenvalue weighted by molar-refractivity contribution is 0.391. The largest absolute Gasteiger partial charge is 0.444 e. The highest BCUT2D eigenvalue weighted by molar-refractivity contribution is 5.19. The standard InChI is InChI=1S/C15H24N2O/c1-3-8-16-10(2)15-17-9-13(18-15)14-11-6-4-5-7-12(11)14/h9-12,14,16H,3-8H2,1-2H3. The number of oxazole rings is 1. The molecule has 1 heterocycles. The predicted octanol–water partition coefficient (Wildman–Crippen LogP) is 3.64. The van der Waals surface area contributed by atoms with E-state index in [0.29, 0.717) is 5.92 Å². The van der Waals surface area contributed by atoms with E-state index in [1.165, 1.54) is 25.7 Å². The van der Waals surface area contributed by atoms with Crippen LogP contribution in [0.1, 0.15) is 69.6 Å². The minimum Gasteiger partial charge on any atom is -0.444 e. The van der Waals surface area contributed by atoms with Crippen molar-refractivity contribution in [1.29, 1.82) is 0 Å². The van der Waals surface area contributed by atoms with E-state index in [4.69, 9.17) is 4.42 Å². The first-order valence-electron chi connectivity index (χ1n) is 7.50. The van der Waals surface area contributed by atoms with Gasteiger partial charge in [0.1, 0.15) is 5.76 Å². The zero-order chi connectivity index (χ0) is 12.5. The predicted molar refractivity (Wildman–Crippen MR) is 71.4 cm³/mol. The lowest BCUT2D eigenvalue weighted by atomic mass is 10.0. The summed E-state index contributed by atoms with van der Waals surface area (Å²) in [4.78, 5) is 4.46. The van der Waals surface area contributed by atoms with Gasteiger partial charge >= 0.3 is 0 Å². The number of hydrogen-bond donors (Lipinski definition) is 1. The van der Waals surface area contributed by atoms with Gasteiger partial charge in [0.05, 0.1) is 12.2 Å². The highest BCUT2D eigenvalue weighted by Gasteiger charge is 2.53. The first-order valence-corrected chi connectivity index (χ1v) is 7.50. The number of rotatable bonds is 5. The molecule has 2 aliphatic carbocycles. The van der Waals surface area contributed by atoms with Gasteiger partial charge in [0.25, 0.3) is 0 Å². The van der Waals surface area contributed by atoms with Crippen LogP contribution in [-0.2, 0) is 0 Å².